The molecule has 1 heterocycles. The fraction of sp³-hybridized carbons (Fsp3) is 0.769. The van der Waals surface area contributed by atoms with Gasteiger partial charge in [-0.1, -0.05) is 0 Å². The summed E-state index contributed by atoms with van der Waals surface area (Å²) in [6.45, 7) is -1.74. The standard InChI is InChI=1S/C13H20F3N3O4/c1-17(2)3-4-18(7-11(21)22)12(23)9-5-10(20)19(6-9)8-13(14,15)16/h9H,3-8H2,1-2H3,(H,21,22)/t9-/m0/s1. The van der Waals surface area contributed by atoms with Gasteiger partial charge in [-0.25, -0.2) is 0 Å². The third kappa shape index (κ3) is 6.43. The van der Waals surface area contributed by atoms with Crippen molar-refractivity contribution >= 4 is 17.8 Å². The summed E-state index contributed by atoms with van der Waals surface area (Å²) in [4.78, 5) is 38.2. The number of alkyl halides is 3. The largest absolute Gasteiger partial charge is 0.480 e. The van der Waals surface area contributed by atoms with Crippen LogP contribution >= 0.6 is 0 Å². The van der Waals surface area contributed by atoms with E-state index in [-0.39, 0.29) is 19.5 Å². The molecule has 1 saturated heterocycles. The lowest BCUT2D eigenvalue weighted by molar-refractivity contribution is -0.157. The Balaban J connectivity index is 2.72. The molecule has 2 amide bonds. The molecular formula is C13H20F3N3O4. The molecule has 10 heteroatoms. The summed E-state index contributed by atoms with van der Waals surface area (Å²) in [6, 6.07) is 0. The number of aliphatic carboxylic acids is 1. The molecule has 7 nitrogen and oxygen atoms in total. The number of hydrogen-bond acceptors (Lipinski definition) is 4. The van der Waals surface area contributed by atoms with Gasteiger partial charge in [0.1, 0.15) is 13.1 Å². The average molecular weight is 339 g/mol. The van der Waals surface area contributed by atoms with Gasteiger partial charge in [-0.2, -0.15) is 13.2 Å². The van der Waals surface area contributed by atoms with Crippen molar-refractivity contribution in [1.29, 1.82) is 0 Å². The lowest BCUT2D eigenvalue weighted by Crippen LogP contribution is -2.44. The molecule has 0 spiro atoms. The van der Waals surface area contributed by atoms with Crippen LogP contribution in [0.2, 0.25) is 0 Å². The number of likely N-dealkylation sites (N-methyl/N-ethyl adjacent to an activating group) is 1. The molecule has 0 unspecified atom stereocenters. The molecule has 1 fully saturated rings. The molecule has 1 aliphatic rings. The zero-order chi connectivity index (χ0) is 17.8. The summed E-state index contributed by atoms with van der Waals surface area (Å²) in [5, 5.41) is 8.86. The minimum atomic E-state index is -4.53. The number of nitrogens with zero attached hydrogens (tertiary/aromatic N) is 3. The van der Waals surface area contributed by atoms with E-state index in [1.807, 2.05) is 0 Å². The molecule has 0 bridgehead atoms. The van der Waals surface area contributed by atoms with Crippen LogP contribution in [0, 0.1) is 5.92 Å². The van der Waals surface area contributed by atoms with Gasteiger partial charge in [0, 0.05) is 26.1 Å². The van der Waals surface area contributed by atoms with Gasteiger partial charge in [-0.15, -0.1) is 0 Å². The van der Waals surface area contributed by atoms with E-state index in [9.17, 15) is 27.6 Å². The number of hydrogen-bond donors (Lipinski definition) is 1. The van der Waals surface area contributed by atoms with Crippen molar-refractivity contribution in [2.24, 2.45) is 5.92 Å². The van der Waals surface area contributed by atoms with Gasteiger partial charge >= 0.3 is 12.1 Å². The van der Waals surface area contributed by atoms with Gasteiger partial charge < -0.3 is 19.8 Å². The first kappa shape index (κ1) is 19.2. The number of halogens is 3. The van der Waals surface area contributed by atoms with Gasteiger partial charge in [-0.3, -0.25) is 14.4 Å². The highest BCUT2D eigenvalue weighted by atomic mass is 19.4. The maximum absolute atomic E-state index is 12.4. The average Bonchev–Trinajstić information content (AvgIpc) is 2.72. The third-order valence-corrected chi connectivity index (χ3v) is 3.39. The second-order valence-electron chi connectivity index (χ2n) is 5.75. The van der Waals surface area contributed by atoms with Gasteiger partial charge in [0.2, 0.25) is 11.8 Å². The van der Waals surface area contributed by atoms with Crippen LogP contribution < -0.4 is 0 Å². The van der Waals surface area contributed by atoms with Crippen LogP contribution in [0.3, 0.4) is 0 Å². The van der Waals surface area contributed by atoms with Crippen LogP contribution in [0.4, 0.5) is 13.2 Å². The summed E-state index contributed by atoms with van der Waals surface area (Å²) >= 11 is 0. The van der Waals surface area contributed by atoms with Gasteiger partial charge in [-0.05, 0) is 14.1 Å². The molecule has 0 saturated carbocycles. The van der Waals surface area contributed by atoms with Crippen LogP contribution in [0.15, 0.2) is 0 Å². The molecule has 0 aliphatic carbocycles. The van der Waals surface area contributed by atoms with E-state index in [1.54, 1.807) is 19.0 Å². The molecule has 0 aromatic heterocycles. The van der Waals surface area contributed by atoms with Gasteiger partial charge in [0.15, 0.2) is 0 Å². The Morgan fingerprint density at radius 3 is 2.39 bits per heavy atom. The second kappa shape index (κ2) is 7.62. The Hall–Kier alpha value is -1.84. The lowest BCUT2D eigenvalue weighted by atomic mass is 10.1. The fourth-order valence-electron chi connectivity index (χ4n) is 2.32. The number of carbonyl (C=O) groups is 3. The maximum Gasteiger partial charge on any atom is 0.406 e. The van der Waals surface area contributed by atoms with Crippen molar-refractivity contribution in [2.75, 3.05) is 46.8 Å². The van der Waals surface area contributed by atoms with E-state index in [0.717, 1.165) is 4.90 Å². The summed E-state index contributed by atoms with van der Waals surface area (Å²) in [5.74, 6) is -3.50. The van der Waals surface area contributed by atoms with E-state index in [2.05, 4.69) is 0 Å². The predicted octanol–water partition coefficient (Wildman–Crippen LogP) is -0.128. The van der Waals surface area contributed by atoms with Crippen molar-refractivity contribution in [3.63, 3.8) is 0 Å². The van der Waals surface area contributed by atoms with Crippen LogP contribution in [-0.2, 0) is 14.4 Å². The quantitative estimate of drug-likeness (QED) is 0.699. The molecule has 1 N–H and O–H groups in total. The first-order valence-electron chi connectivity index (χ1n) is 6.99. The summed E-state index contributed by atoms with van der Waals surface area (Å²) in [7, 11) is 3.49. The molecule has 0 radical (unpaired) electrons. The molecule has 23 heavy (non-hydrogen) atoms. The minimum absolute atomic E-state index is 0.127. The first-order valence-corrected chi connectivity index (χ1v) is 6.99. The Morgan fingerprint density at radius 2 is 1.91 bits per heavy atom. The fourth-order valence-corrected chi connectivity index (χ4v) is 2.32. The zero-order valence-corrected chi connectivity index (χ0v) is 13.0. The SMILES string of the molecule is CN(C)CCN(CC(=O)O)C(=O)[C@H]1CC(=O)N(CC(F)(F)F)C1. The van der Waals surface area contributed by atoms with Crippen LogP contribution in [0.25, 0.3) is 0 Å². The van der Waals surface area contributed by atoms with Crippen LogP contribution in [0.1, 0.15) is 6.42 Å². The molecule has 1 rings (SSSR count). The van der Waals surface area contributed by atoms with Crippen molar-refractivity contribution < 1.29 is 32.7 Å². The number of carboxylic acids is 1. The molecule has 132 valence electrons. The van der Waals surface area contributed by atoms with Gasteiger partial charge in [0.25, 0.3) is 0 Å². The number of amides is 2. The van der Waals surface area contributed by atoms with Crippen molar-refractivity contribution in [2.45, 2.75) is 12.6 Å². The number of likely N-dealkylation sites (tertiary alicyclic amines) is 1. The predicted molar refractivity (Wildman–Crippen MR) is 73.5 cm³/mol. The van der Waals surface area contributed by atoms with Crippen LogP contribution in [-0.4, -0.2) is 90.6 Å². The van der Waals surface area contributed by atoms with Crippen molar-refractivity contribution in [1.82, 2.24) is 14.7 Å². The Kier molecular flexibility index (Phi) is 6.37. The Labute approximate surface area is 131 Å². The summed E-state index contributed by atoms with van der Waals surface area (Å²) in [6.07, 6.45) is -4.85. The van der Waals surface area contributed by atoms with E-state index < -0.39 is 43.0 Å². The summed E-state index contributed by atoms with van der Waals surface area (Å²) < 4.78 is 37.1. The number of rotatable bonds is 7. The monoisotopic (exact) mass is 339 g/mol. The van der Waals surface area contributed by atoms with E-state index in [0.29, 0.717) is 11.4 Å². The summed E-state index contributed by atoms with van der Waals surface area (Å²) in [5.41, 5.74) is 0. The Morgan fingerprint density at radius 1 is 1.30 bits per heavy atom. The molecule has 1 atom stereocenters. The molecule has 0 aromatic carbocycles. The molecule has 0 aromatic rings. The van der Waals surface area contributed by atoms with E-state index >= 15 is 0 Å². The Bertz CT molecular complexity index is 468. The molecule has 1 aliphatic heterocycles. The van der Waals surface area contributed by atoms with Crippen LogP contribution in [0.5, 0.6) is 0 Å². The number of carboxylic acid groups (broad SMARTS) is 1. The first-order chi connectivity index (χ1) is 10.5. The highest BCUT2D eigenvalue weighted by molar-refractivity contribution is 5.90. The molecular weight excluding hydrogens is 319 g/mol. The van der Waals surface area contributed by atoms with Gasteiger partial charge in [0.05, 0.1) is 5.92 Å². The third-order valence-electron chi connectivity index (χ3n) is 3.39. The van der Waals surface area contributed by atoms with Crippen molar-refractivity contribution in [3.05, 3.63) is 0 Å². The van der Waals surface area contributed by atoms with E-state index in [4.69, 9.17) is 5.11 Å². The smallest absolute Gasteiger partial charge is 0.406 e. The highest BCUT2D eigenvalue weighted by Gasteiger charge is 2.41. The van der Waals surface area contributed by atoms with E-state index in [1.165, 1.54) is 0 Å². The second-order valence-corrected chi connectivity index (χ2v) is 5.75. The normalized spacial score (nSPS) is 18.6. The minimum Gasteiger partial charge on any atom is -0.480 e. The zero-order valence-electron chi connectivity index (χ0n) is 13.0. The topological polar surface area (TPSA) is 81.2 Å². The van der Waals surface area contributed by atoms with Crippen molar-refractivity contribution in [3.8, 4) is 0 Å². The number of carbonyl (C=O) groups excluding carboxylic acids is 2. The lowest BCUT2D eigenvalue weighted by Gasteiger charge is -2.25. The highest BCUT2D eigenvalue weighted by Crippen LogP contribution is 2.25. The maximum atomic E-state index is 12.4.